The molecule has 0 aromatic heterocycles. The Kier molecular flexibility index (Phi) is 3.35. The lowest BCUT2D eigenvalue weighted by Crippen LogP contribution is -2.23. The van der Waals surface area contributed by atoms with Gasteiger partial charge in [0.2, 0.25) is 0 Å². The van der Waals surface area contributed by atoms with E-state index < -0.39 is 0 Å². The molecule has 0 amide bonds. The molecule has 0 bridgehead atoms. The molecule has 1 atom stereocenters. The zero-order chi connectivity index (χ0) is 11.5. The lowest BCUT2D eigenvalue weighted by Gasteiger charge is -2.21. The molecule has 1 unspecified atom stereocenters. The molecule has 0 aliphatic heterocycles. The third-order valence-corrected chi connectivity index (χ3v) is 2.84. The number of anilines is 1. The molecule has 2 heteroatoms. The summed E-state index contributed by atoms with van der Waals surface area (Å²) in [4.78, 5) is 2.18. The highest BCUT2D eigenvalue weighted by Gasteiger charge is 2.04. The molecule has 0 aliphatic carbocycles. The average molecular weight is 234 g/mol. The summed E-state index contributed by atoms with van der Waals surface area (Å²) < 4.78 is 0. The minimum atomic E-state index is 0.163. The molecular weight excluding hydrogens is 218 g/mol. The predicted octanol–water partition coefficient (Wildman–Crippen LogP) is 3.90. The van der Waals surface area contributed by atoms with Crippen LogP contribution in [-0.2, 0) is 0 Å². The molecule has 2 aromatic carbocycles. The van der Waals surface area contributed by atoms with Crippen LogP contribution in [0.5, 0.6) is 0 Å². The first-order valence-corrected chi connectivity index (χ1v) is 5.94. The third-order valence-electron chi connectivity index (χ3n) is 2.70. The van der Waals surface area contributed by atoms with Gasteiger partial charge in [-0.2, -0.15) is 0 Å². The second kappa shape index (κ2) is 4.75. The van der Waals surface area contributed by atoms with Crippen molar-refractivity contribution in [2.45, 2.75) is 12.3 Å². The summed E-state index contributed by atoms with van der Waals surface area (Å²) in [5.74, 6) is 0. The summed E-state index contributed by atoms with van der Waals surface area (Å²) in [6.07, 6.45) is 0. The van der Waals surface area contributed by atoms with E-state index in [0.717, 1.165) is 6.54 Å². The maximum Gasteiger partial charge on any atom is 0.0482 e. The van der Waals surface area contributed by atoms with Gasteiger partial charge >= 0.3 is 0 Å². The number of hydrogen-bond donors (Lipinski definition) is 0. The number of rotatable bonds is 3. The van der Waals surface area contributed by atoms with E-state index in [1.165, 1.54) is 16.5 Å². The highest BCUT2D eigenvalue weighted by atomic mass is 35.5. The Morgan fingerprint density at radius 2 is 1.81 bits per heavy atom. The number of fused-ring (bicyclic) bond motifs is 1. The van der Waals surface area contributed by atoms with Crippen molar-refractivity contribution in [3.63, 3.8) is 0 Å². The summed E-state index contributed by atoms with van der Waals surface area (Å²) >= 11 is 6.00. The number of hydrogen-bond acceptors (Lipinski definition) is 1. The standard InChI is InChI=1S/C14H16ClN/c1-11(15)10-16(2)14-8-7-12-5-3-4-6-13(12)9-14/h3-9,11H,10H2,1-2H3. The van der Waals surface area contributed by atoms with E-state index in [9.17, 15) is 0 Å². The summed E-state index contributed by atoms with van der Waals surface area (Å²) in [6.45, 7) is 2.87. The van der Waals surface area contributed by atoms with Crippen LogP contribution in [0, 0.1) is 0 Å². The van der Waals surface area contributed by atoms with E-state index in [0.29, 0.717) is 0 Å². The van der Waals surface area contributed by atoms with E-state index in [2.05, 4.69) is 54.4 Å². The maximum absolute atomic E-state index is 6.00. The van der Waals surface area contributed by atoms with Gasteiger partial charge in [0.05, 0.1) is 0 Å². The van der Waals surface area contributed by atoms with Crippen LogP contribution in [0.2, 0.25) is 0 Å². The second-order valence-corrected chi connectivity index (χ2v) is 4.94. The molecular formula is C14H16ClN. The van der Waals surface area contributed by atoms with Crippen molar-refractivity contribution < 1.29 is 0 Å². The van der Waals surface area contributed by atoms with Gasteiger partial charge in [-0.25, -0.2) is 0 Å². The summed E-state index contributed by atoms with van der Waals surface area (Å²) in [5, 5.41) is 2.71. The van der Waals surface area contributed by atoms with Gasteiger partial charge in [-0.1, -0.05) is 30.3 Å². The quantitative estimate of drug-likeness (QED) is 0.727. The van der Waals surface area contributed by atoms with Crippen molar-refractivity contribution in [1.82, 2.24) is 0 Å². The smallest absolute Gasteiger partial charge is 0.0482 e. The van der Waals surface area contributed by atoms with Crippen molar-refractivity contribution in [3.05, 3.63) is 42.5 Å². The molecule has 0 N–H and O–H groups in total. The Morgan fingerprint density at radius 3 is 2.50 bits per heavy atom. The maximum atomic E-state index is 6.00. The van der Waals surface area contributed by atoms with Crippen molar-refractivity contribution in [1.29, 1.82) is 0 Å². The van der Waals surface area contributed by atoms with E-state index >= 15 is 0 Å². The number of benzene rings is 2. The van der Waals surface area contributed by atoms with Crippen molar-refractivity contribution >= 4 is 28.1 Å². The van der Waals surface area contributed by atoms with Gasteiger partial charge in [0, 0.05) is 24.7 Å². The van der Waals surface area contributed by atoms with Crippen molar-refractivity contribution in [2.75, 3.05) is 18.5 Å². The van der Waals surface area contributed by atoms with Gasteiger partial charge in [-0.3, -0.25) is 0 Å². The van der Waals surface area contributed by atoms with Crippen LogP contribution < -0.4 is 4.90 Å². The molecule has 84 valence electrons. The van der Waals surface area contributed by atoms with Crippen LogP contribution >= 0.6 is 11.6 Å². The fourth-order valence-corrected chi connectivity index (χ4v) is 2.10. The normalized spacial score (nSPS) is 12.7. The number of alkyl halides is 1. The van der Waals surface area contributed by atoms with Gasteiger partial charge in [0.15, 0.2) is 0 Å². The molecule has 16 heavy (non-hydrogen) atoms. The van der Waals surface area contributed by atoms with Gasteiger partial charge in [0.25, 0.3) is 0 Å². The van der Waals surface area contributed by atoms with E-state index in [1.54, 1.807) is 0 Å². The molecule has 0 radical (unpaired) electrons. The van der Waals surface area contributed by atoms with Crippen LogP contribution in [0.15, 0.2) is 42.5 Å². The van der Waals surface area contributed by atoms with E-state index in [1.807, 2.05) is 6.92 Å². The van der Waals surface area contributed by atoms with Crippen molar-refractivity contribution in [2.24, 2.45) is 0 Å². The SMILES string of the molecule is CC(Cl)CN(C)c1ccc2ccccc2c1. The first-order chi connectivity index (χ1) is 7.66. The minimum Gasteiger partial charge on any atom is -0.373 e. The predicted molar refractivity (Wildman–Crippen MR) is 72.5 cm³/mol. The van der Waals surface area contributed by atoms with Crippen LogP contribution in [0.4, 0.5) is 5.69 Å². The minimum absolute atomic E-state index is 0.163. The zero-order valence-corrected chi connectivity index (χ0v) is 10.4. The summed E-state index contributed by atoms with van der Waals surface area (Å²) in [6, 6.07) is 14.9. The Hall–Kier alpha value is -1.21. The average Bonchev–Trinajstić information content (AvgIpc) is 2.27. The molecule has 0 saturated heterocycles. The lowest BCUT2D eigenvalue weighted by atomic mass is 10.1. The first-order valence-electron chi connectivity index (χ1n) is 5.51. The second-order valence-electron chi connectivity index (χ2n) is 4.19. The molecule has 2 aromatic rings. The number of halogens is 1. The van der Waals surface area contributed by atoms with Crippen LogP contribution in [0.25, 0.3) is 10.8 Å². The molecule has 0 spiro atoms. The molecule has 0 saturated carbocycles. The largest absolute Gasteiger partial charge is 0.373 e. The monoisotopic (exact) mass is 233 g/mol. The van der Waals surface area contributed by atoms with E-state index in [4.69, 9.17) is 11.6 Å². The molecule has 2 rings (SSSR count). The Balaban J connectivity index is 2.32. The lowest BCUT2D eigenvalue weighted by molar-refractivity contribution is 0.860. The fraction of sp³-hybridized carbons (Fsp3) is 0.286. The summed E-state index contributed by atoms with van der Waals surface area (Å²) in [7, 11) is 2.07. The fourth-order valence-electron chi connectivity index (χ4n) is 1.90. The van der Waals surface area contributed by atoms with E-state index in [-0.39, 0.29) is 5.38 Å². The van der Waals surface area contributed by atoms with Crippen LogP contribution in [0.3, 0.4) is 0 Å². The topological polar surface area (TPSA) is 3.24 Å². The third kappa shape index (κ3) is 2.48. The molecule has 0 fully saturated rings. The Labute approximate surface area is 102 Å². The van der Waals surface area contributed by atoms with Gasteiger partial charge in [-0.05, 0) is 29.8 Å². The molecule has 1 nitrogen and oxygen atoms in total. The van der Waals surface area contributed by atoms with Crippen molar-refractivity contribution in [3.8, 4) is 0 Å². The highest BCUT2D eigenvalue weighted by Crippen LogP contribution is 2.21. The Bertz CT molecular complexity index is 479. The van der Waals surface area contributed by atoms with Gasteiger partial charge in [-0.15, -0.1) is 11.6 Å². The molecule has 0 aliphatic rings. The first kappa shape index (κ1) is 11.3. The van der Waals surface area contributed by atoms with Gasteiger partial charge < -0.3 is 4.90 Å². The summed E-state index contributed by atoms with van der Waals surface area (Å²) in [5.41, 5.74) is 1.21. The Morgan fingerprint density at radius 1 is 1.12 bits per heavy atom. The zero-order valence-electron chi connectivity index (χ0n) is 9.65. The molecule has 0 heterocycles. The number of nitrogens with zero attached hydrogens (tertiary/aromatic N) is 1. The highest BCUT2D eigenvalue weighted by molar-refractivity contribution is 6.20. The van der Waals surface area contributed by atoms with Crippen LogP contribution in [-0.4, -0.2) is 19.0 Å². The van der Waals surface area contributed by atoms with Crippen LogP contribution in [0.1, 0.15) is 6.92 Å². The van der Waals surface area contributed by atoms with Gasteiger partial charge in [0.1, 0.15) is 0 Å².